The maximum absolute atomic E-state index is 12.6. The molecule has 1 saturated heterocycles. The number of hydrogen-bond acceptors (Lipinski definition) is 6. The molecule has 0 unspecified atom stereocenters. The van der Waals surface area contributed by atoms with Crippen molar-refractivity contribution < 1.29 is 18.1 Å². The van der Waals surface area contributed by atoms with E-state index in [1.54, 1.807) is 0 Å². The summed E-state index contributed by atoms with van der Waals surface area (Å²) in [6.07, 6.45) is 0.810. The second-order valence-corrected chi connectivity index (χ2v) is 8.91. The van der Waals surface area contributed by atoms with Crippen LogP contribution in [0.5, 0.6) is 5.75 Å². The van der Waals surface area contributed by atoms with Crippen molar-refractivity contribution in [3.05, 3.63) is 56.6 Å². The van der Waals surface area contributed by atoms with E-state index < -0.39 is 20.6 Å². The van der Waals surface area contributed by atoms with Crippen LogP contribution >= 0.6 is 23.2 Å². The number of nitrogens with one attached hydrogen (secondary N) is 1. The molecule has 1 aliphatic heterocycles. The summed E-state index contributed by atoms with van der Waals surface area (Å²) in [6, 6.07) is 7.77. The van der Waals surface area contributed by atoms with Gasteiger partial charge in [0.2, 0.25) is 0 Å². The molecule has 1 N–H and O–H groups in total. The van der Waals surface area contributed by atoms with E-state index in [1.165, 1.54) is 30.3 Å². The molecule has 0 saturated carbocycles. The Hall–Kier alpha value is -2.07. The predicted octanol–water partition coefficient (Wildman–Crippen LogP) is 3.79. The van der Waals surface area contributed by atoms with Gasteiger partial charge in [0.05, 0.1) is 20.5 Å². The van der Waals surface area contributed by atoms with Crippen LogP contribution in [0.15, 0.2) is 41.3 Å². The van der Waals surface area contributed by atoms with Crippen LogP contribution < -0.4 is 9.46 Å². The summed E-state index contributed by atoms with van der Waals surface area (Å²) in [5.41, 5.74) is -0.265. The normalized spacial score (nSPS) is 17.5. The van der Waals surface area contributed by atoms with Crippen LogP contribution in [-0.2, 0) is 10.0 Å². The maximum atomic E-state index is 12.6. The van der Waals surface area contributed by atoms with Gasteiger partial charge in [-0.15, -0.1) is 0 Å². The Kier molecular flexibility index (Phi) is 5.99. The molecule has 11 heteroatoms. The molecule has 28 heavy (non-hydrogen) atoms. The molecule has 8 nitrogen and oxygen atoms in total. The van der Waals surface area contributed by atoms with Crippen molar-refractivity contribution in [3.8, 4) is 5.75 Å². The average molecular weight is 446 g/mol. The zero-order valence-electron chi connectivity index (χ0n) is 14.8. The van der Waals surface area contributed by atoms with Gasteiger partial charge in [0.25, 0.3) is 15.7 Å². The summed E-state index contributed by atoms with van der Waals surface area (Å²) in [7, 11) is -2.08. The highest BCUT2D eigenvalue weighted by molar-refractivity contribution is 7.92. The minimum Gasteiger partial charge on any atom is -0.487 e. The number of benzene rings is 2. The van der Waals surface area contributed by atoms with E-state index in [0.717, 1.165) is 25.6 Å². The first-order valence-corrected chi connectivity index (χ1v) is 10.5. The Balaban J connectivity index is 1.83. The number of rotatable bonds is 6. The Morgan fingerprint density at radius 3 is 2.57 bits per heavy atom. The van der Waals surface area contributed by atoms with Crippen LogP contribution in [0.2, 0.25) is 10.0 Å². The van der Waals surface area contributed by atoms with E-state index >= 15 is 0 Å². The molecule has 0 radical (unpaired) electrons. The van der Waals surface area contributed by atoms with Crippen molar-refractivity contribution in [2.45, 2.75) is 17.4 Å². The van der Waals surface area contributed by atoms with Gasteiger partial charge in [-0.25, -0.2) is 8.42 Å². The SMILES string of the molecule is CN1CC[C@H](Oc2cc(NS(=O)(=O)c3ccc(Cl)c([N+](=O)[O-])c3)ccc2Cl)C1. The second-order valence-electron chi connectivity index (χ2n) is 6.41. The Morgan fingerprint density at radius 1 is 1.21 bits per heavy atom. The predicted molar refractivity (Wildman–Crippen MR) is 107 cm³/mol. The number of likely N-dealkylation sites (tertiary alicyclic amines) is 1. The van der Waals surface area contributed by atoms with Gasteiger partial charge in [-0.2, -0.15) is 0 Å². The lowest BCUT2D eigenvalue weighted by Crippen LogP contribution is -2.21. The molecule has 1 aliphatic rings. The minimum atomic E-state index is -4.07. The monoisotopic (exact) mass is 445 g/mol. The van der Waals surface area contributed by atoms with Gasteiger partial charge in [0, 0.05) is 25.2 Å². The molecule has 0 aliphatic carbocycles. The first-order chi connectivity index (χ1) is 13.2. The molecule has 0 aromatic heterocycles. The molecule has 1 heterocycles. The van der Waals surface area contributed by atoms with E-state index in [4.69, 9.17) is 27.9 Å². The molecular formula is C17H17Cl2N3O5S. The standard InChI is InChI=1S/C17H17Cl2N3O5S/c1-21-7-6-12(10-21)27-17-8-11(2-4-15(17)19)20-28(25,26)13-3-5-14(18)16(9-13)22(23)24/h2-5,8-9,12,20H,6-7,10H2,1H3/t12-/m0/s1. The van der Waals surface area contributed by atoms with Gasteiger partial charge in [-0.05, 0) is 37.7 Å². The van der Waals surface area contributed by atoms with Crippen LogP contribution in [0.25, 0.3) is 0 Å². The molecule has 2 aromatic carbocycles. The van der Waals surface area contributed by atoms with E-state index in [2.05, 4.69) is 9.62 Å². The zero-order chi connectivity index (χ0) is 20.5. The molecule has 150 valence electrons. The van der Waals surface area contributed by atoms with Gasteiger partial charge in [0.15, 0.2) is 0 Å². The summed E-state index contributed by atoms with van der Waals surface area (Å²) in [5.74, 6) is 0.365. The lowest BCUT2D eigenvalue weighted by Gasteiger charge is -2.16. The molecule has 0 bridgehead atoms. The maximum Gasteiger partial charge on any atom is 0.289 e. The summed E-state index contributed by atoms with van der Waals surface area (Å²) < 4.78 is 33.5. The first kappa shape index (κ1) is 20.7. The highest BCUT2D eigenvalue weighted by Gasteiger charge is 2.23. The fraction of sp³-hybridized carbons (Fsp3) is 0.294. The topological polar surface area (TPSA) is 102 Å². The third-order valence-corrected chi connectivity index (χ3v) is 6.26. The zero-order valence-corrected chi connectivity index (χ0v) is 17.1. The van der Waals surface area contributed by atoms with Crippen LogP contribution in [0, 0.1) is 10.1 Å². The molecular weight excluding hydrogens is 429 g/mol. The summed E-state index contributed by atoms with van der Waals surface area (Å²) in [5, 5.41) is 11.2. The van der Waals surface area contributed by atoms with Crippen LogP contribution in [0.1, 0.15) is 6.42 Å². The Morgan fingerprint density at radius 2 is 1.93 bits per heavy atom. The van der Waals surface area contributed by atoms with Crippen molar-refractivity contribution in [3.63, 3.8) is 0 Å². The van der Waals surface area contributed by atoms with Gasteiger partial charge in [-0.3, -0.25) is 14.8 Å². The number of ether oxygens (including phenoxy) is 1. The molecule has 0 amide bonds. The Bertz CT molecular complexity index is 1020. The largest absolute Gasteiger partial charge is 0.487 e. The molecule has 1 atom stereocenters. The smallest absolute Gasteiger partial charge is 0.289 e. The van der Waals surface area contributed by atoms with E-state index in [9.17, 15) is 18.5 Å². The van der Waals surface area contributed by atoms with Crippen LogP contribution in [-0.4, -0.2) is 44.5 Å². The summed E-state index contributed by atoms with van der Waals surface area (Å²) in [6.45, 7) is 1.66. The fourth-order valence-electron chi connectivity index (χ4n) is 2.84. The third kappa shape index (κ3) is 4.67. The van der Waals surface area contributed by atoms with Crippen molar-refractivity contribution in [2.24, 2.45) is 0 Å². The number of nitro groups is 1. The van der Waals surface area contributed by atoms with Gasteiger partial charge >= 0.3 is 0 Å². The first-order valence-electron chi connectivity index (χ1n) is 8.27. The second kappa shape index (κ2) is 8.12. The van der Waals surface area contributed by atoms with Gasteiger partial charge in [0.1, 0.15) is 16.9 Å². The lowest BCUT2D eigenvalue weighted by molar-refractivity contribution is -0.384. The number of hydrogen-bond donors (Lipinski definition) is 1. The number of nitrogens with zero attached hydrogens (tertiary/aromatic N) is 2. The van der Waals surface area contributed by atoms with Gasteiger partial charge in [-0.1, -0.05) is 23.2 Å². The molecule has 1 fully saturated rings. The average Bonchev–Trinajstić information content (AvgIpc) is 3.02. The van der Waals surface area contributed by atoms with E-state index in [-0.39, 0.29) is 21.7 Å². The van der Waals surface area contributed by atoms with Crippen molar-refractivity contribution in [2.75, 3.05) is 24.9 Å². The quantitative estimate of drug-likeness (QED) is 0.535. The number of likely N-dealkylation sites (N-methyl/N-ethyl adjacent to an activating group) is 1. The lowest BCUT2D eigenvalue weighted by atomic mass is 10.3. The van der Waals surface area contributed by atoms with E-state index in [0.29, 0.717) is 10.8 Å². The number of nitro benzene ring substituents is 1. The summed E-state index contributed by atoms with van der Waals surface area (Å²) >= 11 is 11.9. The Labute approximate surface area is 172 Å². The van der Waals surface area contributed by atoms with Crippen LogP contribution in [0.4, 0.5) is 11.4 Å². The van der Waals surface area contributed by atoms with Crippen molar-refractivity contribution in [1.29, 1.82) is 0 Å². The van der Waals surface area contributed by atoms with Gasteiger partial charge < -0.3 is 9.64 Å². The fourth-order valence-corrected chi connectivity index (χ4v) is 4.26. The summed E-state index contributed by atoms with van der Waals surface area (Å²) in [4.78, 5) is 12.1. The van der Waals surface area contributed by atoms with Crippen molar-refractivity contribution in [1.82, 2.24) is 4.90 Å². The van der Waals surface area contributed by atoms with E-state index in [1.807, 2.05) is 7.05 Å². The third-order valence-electron chi connectivity index (χ3n) is 4.25. The molecule has 0 spiro atoms. The molecule has 3 rings (SSSR count). The number of halogens is 2. The molecule has 2 aromatic rings. The minimum absolute atomic E-state index is 0.0340. The highest BCUT2D eigenvalue weighted by atomic mass is 35.5. The van der Waals surface area contributed by atoms with Crippen LogP contribution in [0.3, 0.4) is 0 Å². The van der Waals surface area contributed by atoms with Crippen molar-refractivity contribution >= 4 is 44.6 Å². The number of sulfonamides is 1. The number of anilines is 1. The highest BCUT2D eigenvalue weighted by Crippen LogP contribution is 2.32.